The van der Waals surface area contributed by atoms with E-state index < -0.39 is 12.1 Å². The zero-order valence-electron chi connectivity index (χ0n) is 12.1. The predicted molar refractivity (Wildman–Crippen MR) is 74.5 cm³/mol. The van der Waals surface area contributed by atoms with Gasteiger partial charge in [-0.05, 0) is 25.0 Å². The predicted octanol–water partition coefficient (Wildman–Crippen LogP) is 3.43. The van der Waals surface area contributed by atoms with Gasteiger partial charge >= 0.3 is 12.1 Å². The number of alkyl halides is 3. The molecule has 1 N–H and O–H groups in total. The van der Waals surface area contributed by atoms with Crippen LogP contribution in [-0.4, -0.2) is 22.1 Å². The third kappa shape index (κ3) is 3.52. The van der Waals surface area contributed by atoms with Crippen LogP contribution in [0.5, 0.6) is 0 Å². The van der Waals surface area contributed by atoms with Crippen LogP contribution < -0.4 is 5.32 Å². The van der Waals surface area contributed by atoms with Gasteiger partial charge < -0.3 is 9.84 Å². The van der Waals surface area contributed by atoms with Gasteiger partial charge in [0.05, 0.1) is 0 Å². The lowest BCUT2D eigenvalue weighted by atomic mass is 10.1. The SMILES string of the molecule is O=C(NC1CCCC1)c1ccc(-c2noc(C(F)(F)F)n2)cc1. The highest BCUT2D eigenvalue weighted by atomic mass is 19.4. The molecule has 0 atom stereocenters. The summed E-state index contributed by atoms with van der Waals surface area (Å²) in [6.07, 6.45) is -0.487. The summed E-state index contributed by atoms with van der Waals surface area (Å²) < 4.78 is 41.5. The smallest absolute Gasteiger partial charge is 0.349 e. The van der Waals surface area contributed by atoms with Crippen molar-refractivity contribution < 1.29 is 22.5 Å². The number of nitrogens with zero attached hydrogens (tertiary/aromatic N) is 2. The van der Waals surface area contributed by atoms with E-state index in [2.05, 4.69) is 20.0 Å². The van der Waals surface area contributed by atoms with Crippen molar-refractivity contribution in [2.75, 3.05) is 0 Å². The number of amides is 1. The molecule has 1 saturated carbocycles. The molecule has 1 aliphatic carbocycles. The lowest BCUT2D eigenvalue weighted by molar-refractivity contribution is -0.159. The van der Waals surface area contributed by atoms with Crippen molar-refractivity contribution in [1.82, 2.24) is 15.5 Å². The van der Waals surface area contributed by atoms with Crippen molar-refractivity contribution in [2.45, 2.75) is 37.9 Å². The first-order chi connectivity index (χ1) is 10.9. The number of carbonyl (C=O) groups is 1. The van der Waals surface area contributed by atoms with Gasteiger partial charge in [-0.3, -0.25) is 4.79 Å². The highest BCUT2D eigenvalue weighted by molar-refractivity contribution is 5.94. The van der Waals surface area contributed by atoms with Crippen molar-refractivity contribution >= 4 is 5.91 Å². The molecule has 8 heteroatoms. The molecule has 1 aromatic carbocycles. The fourth-order valence-electron chi connectivity index (χ4n) is 2.57. The van der Waals surface area contributed by atoms with Crippen molar-refractivity contribution in [3.8, 4) is 11.4 Å². The molecule has 1 fully saturated rings. The van der Waals surface area contributed by atoms with E-state index in [4.69, 9.17) is 0 Å². The van der Waals surface area contributed by atoms with Crippen LogP contribution in [0.25, 0.3) is 11.4 Å². The third-order valence-corrected chi connectivity index (χ3v) is 3.76. The lowest BCUT2D eigenvalue weighted by Gasteiger charge is -2.11. The van der Waals surface area contributed by atoms with Gasteiger partial charge in [-0.2, -0.15) is 18.2 Å². The summed E-state index contributed by atoms with van der Waals surface area (Å²) >= 11 is 0. The first-order valence-electron chi connectivity index (χ1n) is 7.26. The fourth-order valence-corrected chi connectivity index (χ4v) is 2.57. The van der Waals surface area contributed by atoms with Gasteiger partial charge in [-0.1, -0.05) is 30.1 Å². The molecular weight excluding hydrogens is 311 g/mol. The van der Waals surface area contributed by atoms with Crippen LogP contribution in [-0.2, 0) is 6.18 Å². The Kier molecular flexibility index (Phi) is 4.06. The Hall–Kier alpha value is -2.38. The Balaban J connectivity index is 1.71. The van der Waals surface area contributed by atoms with E-state index in [-0.39, 0.29) is 17.8 Å². The molecule has 0 bridgehead atoms. The zero-order chi connectivity index (χ0) is 16.4. The van der Waals surface area contributed by atoms with Gasteiger partial charge in [-0.15, -0.1) is 0 Å². The van der Waals surface area contributed by atoms with Crippen molar-refractivity contribution in [3.63, 3.8) is 0 Å². The molecule has 0 saturated heterocycles. The zero-order valence-corrected chi connectivity index (χ0v) is 12.1. The number of hydrogen-bond acceptors (Lipinski definition) is 4. The van der Waals surface area contributed by atoms with Gasteiger partial charge in [0.1, 0.15) is 0 Å². The molecule has 0 spiro atoms. The summed E-state index contributed by atoms with van der Waals surface area (Å²) in [6, 6.07) is 6.25. The van der Waals surface area contributed by atoms with Crippen LogP contribution in [0.15, 0.2) is 28.8 Å². The minimum Gasteiger partial charge on any atom is -0.349 e. The minimum absolute atomic E-state index is 0.167. The highest BCUT2D eigenvalue weighted by Crippen LogP contribution is 2.29. The third-order valence-electron chi connectivity index (χ3n) is 3.76. The summed E-state index contributed by atoms with van der Waals surface area (Å²) in [5.74, 6) is -1.75. The monoisotopic (exact) mass is 325 g/mol. The summed E-state index contributed by atoms with van der Waals surface area (Å²) in [5.41, 5.74) is 0.793. The molecule has 1 aliphatic rings. The summed E-state index contributed by atoms with van der Waals surface area (Å²) in [4.78, 5) is 15.4. The Labute approximate surface area is 129 Å². The van der Waals surface area contributed by atoms with Crippen LogP contribution in [0.3, 0.4) is 0 Å². The van der Waals surface area contributed by atoms with Crippen molar-refractivity contribution in [2.24, 2.45) is 0 Å². The molecule has 0 aliphatic heterocycles. The number of aromatic nitrogens is 2. The second-order valence-electron chi connectivity index (χ2n) is 5.45. The van der Waals surface area contributed by atoms with E-state index in [1.54, 1.807) is 0 Å². The van der Waals surface area contributed by atoms with Crippen LogP contribution in [0.4, 0.5) is 13.2 Å². The standard InChI is InChI=1S/C15H14F3N3O2/c16-15(17,18)14-20-12(21-23-14)9-5-7-10(8-6-9)13(22)19-11-3-1-2-4-11/h5-8,11H,1-4H2,(H,19,22). The van der Waals surface area contributed by atoms with E-state index in [0.717, 1.165) is 25.7 Å². The number of rotatable bonds is 3. The molecule has 5 nitrogen and oxygen atoms in total. The van der Waals surface area contributed by atoms with Crippen molar-refractivity contribution in [3.05, 3.63) is 35.7 Å². The normalized spacial score (nSPS) is 15.8. The molecule has 1 aromatic heterocycles. The molecule has 1 amide bonds. The fraction of sp³-hybridized carbons (Fsp3) is 0.400. The number of hydrogen-bond donors (Lipinski definition) is 1. The Morgan fingerprint density at radius 2 is 1.83 bits per heavy atom. The van der Waals surface area contributed by atoms with Gasteiger partial charge in [-0.25, -0.2) is 0 Å². The van der Waals surface area contributed by atoms with Gasteiger partial charge in [0.2, 0.25) is 5.82 Å². The van der Waals surface area contributed by atoms with Crippen LogP contribution >= 0.6 is 0 Å². The first-order valence-corrected chi connectivity index (χ1v) is 7.26. The summed E-state index contributed by atoms with van der Waals surface area (Å²) in [5, 5.41) is 6.24. The van der Waals surface area contributed by atoms with Crippen LogP contribution in [0.2, 0.25) is 0 Å². The molecule has 2 aromatic rings. The summed E-state index contributed by atoms with van der Waals surface area (Å²) in [7, 11) is 0. The maximum Gasteiger partial charge on any atom is 0.471 e. The average Bonchev–Trinajstić information content (AvgIpc) is 3.18. The average molecular weight is 325 g/mol. The quantitative estimate of drug-likeness (QED) is 0.939. The maximum atomic E-state index is 12.4. The first kappa shape index (κ1) is 15.5. The molecule has 23 heavy (non-hydrogen) atoms. The maximum absolute atomic E-state index is 12.4. The largest absolute Gasteiger partial charge is 0.471 e. The molecule has 1 heterocycles. The van der Waals surface area contributed by atoms with E-state index in [9.17, 15) is 18.0 Å². The highest BCUT2D eigenvalue weighted by Gasteiger charge is 2.38. The molecular formula is C15H14F3N3O2. The van der Waals surface area contributed by atoms with Gasteiger partial charge in [0.25, 0.3) is 5.91 Å². The van der Waals surface area contributed by atoms with Crippen LogP contribution in [0, 0.1) is 0 Å². The second kappa shape index (κ2) is 6.02. The Morgan fingerprint density at radius 1 is 1.17 bits per heavy atom. The summed E-state index contributed by atoms with van der Waals surface area (Å²) in [6.45, 7) is 0. The molecule has 3 rings (SSSR count). The minimum atomic E-state index is -4.67. The second-order valence-corrected chi connectivity index (χ2v) is 5.45. The van der Waals surface area contributed by atoms with Crippen LogP contribution in [0.1, 0.15) is 41.9 Å². The number of carbonyl (C=O) groups excluding carboxylic acids is 1. The Morgan fingerprint density at radius 3 is 2.39 bits per heavy atom. The van der Waals surface area contributed by atoms with Crippen molar-refractivity contribution in [1.29, 1.82) is 0 Å². The number of benzene rings is 1. The van der Waals surface area contributed by atoms with Gasteiger partial charge in [0.15, 0.2) is 0 Å². The number of nitrogens with one attached hydrogen (secondary N) is 1. The van der Waals surface area contributed by atoms with E-state index in [1.807, 2.05) is 0 Å². The topological polar surface area (TPSA) is 68.0 Å². The molecule has 0 unspecified atom stereocenters. The van der Waals surface area contributed by atoms with E-state index >= 15 is 0 Å². The van der Waals surface area contributed by atoms with E-state index in [1.165, 1.54) is 24.3 Å². The van der Waals surface area contributed by atoms with Gasteiger partial charge in [0, 0.05) is 17.2 Å². The number of halogens is 3. The Bertz CT molecular complexity index is 689. The molecule has 0 radical (unpaired) electrons. The van der Waals surface area contributed by atoms with E-state index in [0.29, 0.717) is 11.1 Å². The molecule has 122 valence electrons. The lowest BCUT2D eigenvalue weighted by Crippen LogP contribution is -2.32.